The zero-order chi connectivity index (χ0) is 14.0. The Balaban J connectivity index is 2.54. The molecule has 0 spiro atoms. The van der Waals surface area contributed by atoms with Crippen molar-refractivity contribution in [1.82, 2.24) is 4.98 Å². The molecule has 4 nitrogen and oxygen atoms in total. The molecular formula is C14H12ClNO3. The van der Waals surface area contributed by atoms with E-state index in [2.05, 4.69) is 9.72 Å². The third-order valence-electron chi connectivity index (χ3n) is 2.83. The molecule has 0 aliphatic carbocycles. The van der Waals surface area contributed by atoms with E-state index in [0.29, 0.717) is 21.8 Å². The number of esters is 1. The van der Waals surface area contributed by atoms with Gasteiger partial charge in [-0.25, -0.2) is 4.79 Å². The lowest BCUT2D eigenvalue weighted by molar-refractivity contribution is 0.0598. The number of carbonyl (C=O) groups excluding carboxylic acids is 2. The molecule has 0 radical (unpaired) electrons. The van der Waals surface area contributed by atoms with Gasteiger partial charge in [-0.1, -0.05) is 23.7 Å². The average Bonchev–Trinajstić information content (AvgIpc) is 2.79. The number of carbonyl (C=O) groups is 2. The van der Waals surface area contributed by atoms with Gasteiger partial charge in [0.2, 0.25) is 0 Å². The maximum atomic E-state index is 12.5. The quantitative estimate of drug-likeness (QED) is 0.693. The Bertz CT molecular complexity index is 646. The van der Waals surface area contributed by atoms with E-state index >= 15 is 0 Å². The summed E-state index contributed by atoms with van der Waals surface area (Å²) in [5.41, 5.74) is 1.47. The van der Waals surface area contributed by atoms with Crippen molar-refractivity contribution in [3.8, 4) is 0 Å². The van der Waals surface area contributed by atoms with Gasteiger partial charge in [0.05, 0.1) is 23.3 Å². The summed E-state index contributed by atoms with van der Waals surface area (Å²) in [5.74, 6) is -0.857. The van der Waals surface area contributed by atoms with Crippen LogP contribution in [-0.2, 0) is 4.74 Å². The third kappa shape index (κ3) is 2.39. The summed E-state index contributed by atoms with van der Waals surface area (Å²) < 4.78 is 4.66. The van der Waals surface area contributed by atoms with Crippen molar-refractivity contribution in [2.24, 2.45) is 0 Å². The number of aryl methyl sites for hydroxylation is 1. The monoisotopic (exact) mass is 277 g/mol. The Labute approximate surface area is 115 Å². The second-order valence-electron chi connectivity index (χ2n) is 4.00. The minimum Gasteiger partial charge on any atom is -0.465 e. The Morgan fingerprint density at radius 3 is 2.53 bits per heavy atom. The lowest BCUT2D eigenvalue weighted by atomic mass is 10.00. The molecule has 1 N–H and O–H groups in total. The van der Waals surface area contributed by atoms with Crippen molar-refractivity contribution in [2.75, 3.05) is 7.11 Å². The zero-order valence-electron chi connectivity index (χ0n) is 10.5. The molecule has 1 aromatic carbocycles. The largest absolute Gasteiger partial charge is 0.465 e. The van der Waals surface area contributed by atoms with Crippen molar-refractivity contribution in [3.63, 3.8) is 0 Å². The number of aromatic nitrogens is 1. The lowest BCUT2D eigenvalue weighted by Crippen LogP contribution is -2.10. The molecule has 0 fully saturated rings. The van der Waals surface area contributed by atoms with Crippen LogP contribution < -0.4 is 0 Å². The average molecular weight is 278 g/mol. The van der Waals surface area contributed by atoms with Gasteiger partial charge in [0.1, 0.15) is 0 Å². The number of methoxy groups -OCH3 is 1. The van der Waals surface area contributed by atoms with Gasteiger partial charge in [0.15, 0.2) is 5.78 Å². The highest BCUT2D eigenvalue weighted by Crippen LogP contribution is 2.23. The van der Waals surface area contributed by atoms with Gasteiger partial charge >= 0.3 is 5.97 Å². The molecule has 0 bridgehead atoms. The fraction of sp³-hybridized carbons (Fsp3) is 0.143. The first kappa shape index (κ1) is 13.4. The normalized spacial score (nSPS) is 10.3. The zero-order valence-corrected chi connectivity index (χ0v) is 11.2. The molecule has 2 rings (SSSR count). The van der Waals surface area contributed by atoms with E-state index in [4.69, 9.17) is 11.6 Å². The van der Waals surface area contributed by atoms with Crippen LogP contribution in [0.2, 0.25) is 5.02 Å². The standard InChI is InChI=1S/C14H12ClNO3/c1-8-12(10(7-16-8)14(18)19-2)13(17)9-5-3-4-6-11(9)15/h3-7,16H,1-2H3. The second-order valence-corrected chi connectivity index (χ2v) is 4.41. The molecule has 0 saturated carbocycles. The molecule has 0 unspecified atom stereocenters. The number of rotatable bonds is 3. The number of nitrogens with one attached hydrogen (secondary N) is 1. The Kier molecular flexibility index (Phi) is 3.71. The fourth-order valence-corrected chi connectivity index (χ4v) is 2.09. The smallest absolute Gasteiger partial charge is 0.340 e. The summed E-state index contributed by atoms with van der Waals surface area (Å²) in [6.07, 6.45) is 1.46. The van der Waals surface area contributed by atoms with Crippen LogP contribution in [0.25, 0.3) is 0 Å². The predicted octanol–water partition coefficient (Wildman–Crippen LogP) is 2.99. The summed E-state index contributed by atoms with van der Waals surface area (Å²) in [6, 6.07) is 6.72. The predicted molar refractivity (Wildman–Crippen MR) is 71.8 cm³/mol. The minimum absolute atomic E-state index is 0.213. The van der Waals surface area contributed by atoms with E-state index in [-0.39, 0.29) is 11.3 Å². The van der Waals surface area contributed by atoms with E-state index in [1.807, 2.05) is 0 Å². The summed E-state index contributed by atoms with van der Waals surface area (Å²) in [4.78, 5) is 27.0. The van der Waals surface area contributed by atoms with Crippen LogP contribution >= 0.6 is 11.6 Å². The number of ketones is 1. The molecule has 2 aromatic rings. The number of benzene rings is 1. The molecule has 19 heavy (non-hydrogen) atoms. The van der Waals surface area contributed by atoms with Gasteiger partial charge < -0.3 is 9.72 Å². The maximum Gasteiger partial charge on any atom is 0.340 e. The molecule has 1 aromatic heterocycles. The number of aromatic amines is 1. The second kappa shape index (κ2) is 5.28. The van der Waals surface area contributed by atoms with Crippen LogP contribution in [0.4, 0.5) is 0 Å². The highest BCUT2D eigenvalue weighted by atomic mass is 35.5. The van der Waals surface area contributed by atoms with Gasteiger partial charge in [-0.3, -0.25) is 4.79 Å². The van der Waals surface area contributed by atoms with Gasteiger partial charge in [-0.05, 0) is 19.1 Å². The maximum absolute atomic E-state index is 12.5. The van der Waals surface area contributed by atoms with Crippen LogP contribution in [0.5, 0.6) is 0 Å². The van der Waals surface area contributed by atoms with Crippen molar-refractivity contribution in [1.29, 1.82) is 0 Å². The van der Waals surface area contributed by atoms with Crippen molar-refractivity contribution in [3.05, 3.63) is 57.9 Å². The van der Waals surface area contributed by atoms with E-state index in [1.165, 1.54) is 13.3 Å². The number of hydrogen-bond acceptors (Lipinski definition) is 3. The van der Waals surface area contributed by atoms with Crippen LogP contribution in [0.1, 0.15) is 32.0 Å². The Hall–Kier alpha value is -2.07. The van der Waals surface area contributed by atoms with Crippen molar-refractivity contribution < 1.29 is 14.3 Å². The molecule has 0 aliphatic heterocycles. The summed E-state index contributed by atoms with van der Waals surface area (Å²) in [6.45, 7) is 1.72. The SMILES string of the molecule is COC(=O)c1c[nH]c(C)c1C(=O)c1ccccc1Cl. The summed E-state index contributed by atoms with van der Waals surface area (Å²) >= 11 is 6.01. The first-order chi connectivity index (χ1) is 9.06. The van der Waals surface area contributed by atoms with Crippen molar-refractivity contribution >= 4 is 23.4 Å². The lowest BCUT2D eigenvalue weighted by Gasteiger charge is -2.05. The summed E-state index contributed by atoms with van der Waals surface area (Å²) in [7, 11) is 1.27. The number of hydrogen-bond donors (Lipinski definition) is 1. The molecular weight excluding hydrogens is 266 g/mol. The topological polar surface area (TPSA) is 59.2 Å². The molecule has 0 amide bonds. The fourth-order valence-electron chi connectivity index (χ4n) is 1.87. The molecule has 5 heteroatoms. The van der Waals surface area contributed by atoms with Crippen LogP contribution in [-0.4, -0.2) is 23.8 Å². The van der Waals surface area contributed by atoms with E-state index in [1.54, 1.807) is 31.2 Å². The highest BCUT2D eigenvalue weighted by Gasteiger charge is 2.24. The first-order valence-corrected chi connectivity index (χ1v) is 5.99. The Morgan fingerprint density at radius 2 is 1.89 bits per heavy atom. The van der Waals surface area contributed by atoms with Crippen LogP contribution in [0.3, 0.4) is 0 Å². The van der Waals surface area contributed by atoms with Crippen molar-refractivity contribution in [2.45, 2.75) is 6.92 Å². The minimum atomic E-state index is -0.556. The molecule has 98 valence electrons. The summed E-state index contributed by atoms with van der Waals surface area (Å²) in [5, 5.41) is 0.351. The number of H-pyrrole nitrogens is 1. The van der Waals surface area contributed by atoms with Crippen LogP contribution in [0, 0.1) is 6.92 Å². The number of halogens is 1. The Morgan fingerprint density at radius 1 is 1.21 bits per heavy atom. The molecule has 0 saturated heterocycles. The van der Waals surface area contributed by atoms with E-state index in [0.717, 1.165) is 0 Å². The molecule has 0 atom stereocenters. The van der Waals surface area contributed by atoms with Gasteiger partial charge in [0.25, 0.3) is 0 Å². The first-order valence-electron chi connectivity index (χ1n) is 5.61. The molecule has 0 aliphatic rings. The van der Waals surface area contributed by atoms with Gasteiger partial charge in [-0.15, -0.1) is 0 Å². The number of ether oxygens (including phenoxy) is 1. The van der Waals surface area contributed by atoms with E-state index in [9.17, 15) is 9.59 Å². The van der Waals surface area contributed by atoms with Crippen LogP contribution in [0.15, 0.2) is 30.5 Å². The highest BCUT2D eigenvalue weighted by molar-refractivity contribution is 6.35. The van der Waals surface area contributed by atoms with Gasteiger partial charge in [0, 0.05) is 17.5 Å². The third-order valence-corrected chi connectivity index (χ3v) is 3.16. The van der Waals surface area contributed by atoms with E-state index < -0.39 is 5.97 Å². The molecule has 1 heterocycles. The van der Waals surface area contributed by atoms with Gasteiger partial charge in [-0.2, -0.15) is 0 Å².